The molecule has 21 heavy (non-hydrogen) atoms. The molecule has 0 aliphatic heterocycles. The molecule has 0 unspecified atom stereocenters. The third kappa shape index (κ3) is 3.47. The molecule has 0 bridgehead atoms. The van der Waals surface area contributed by atoms with Gasteiger partial charge < -0.3 is 9.84 Å². The molecule has 6 nitrogen and oxygen atoms in total. The largest absolute Gasteiger partial charge is 0.344 e. The minimum Gasteiger partial charge on any atom is -0.344 e. The third-order valence-corrected chi connectivity index (χ3v) is 4.18. The van der Waals surface area contributed by atoms with Crippen molar-refractivity contribution < 1.29 is 9.32 Å². The van der Waals surface area contributed by atoms with Gasteiger partial charge in [0, 0.05) is 6.92 Å². The predicted octanol–water partition coefficient (Wildman–Crippen LogP) is 2.83. The molecule has 1 N–H and O–H groups in total. The maximum absolute atomic E-state index is 11.2. The highest BCUT2D eigenvalue weighted by atomic mass is 32.1. The fraction of sp³-hybridized carbons (Fsp3) is 0.571. The number of hydrogen-bond acceptors (Lipinski definition) is 6. The summed E-state index contributed by atoms with van der Waals surface area (Å²) in [5.41, 5.74) is 0.231. The molecule has 2 aromatic rings. The zero-order valence-corrected chi connectivity index (χ0v) is 13.8. The van der Waals surface area contributed by atoms with E-state index in [-0.39, 0.29) is 5.91 Å². The second-order valence-electron chi connectivity index (χ2n) is 5.50. The molecule has 2 aromatic heterocycles. The van der Waals surface area contributed by atoms with Gasteiger partial charge in [-0.3, -0.25) is 4.79 Å². The fourth-order valence-corrected chi connectivity index (χ4v) is 3.13. The lowest BCUT2D eigenvalue weighted by atomic mass is 10.1. The van der Waals surface area contributed by atoms with Crippen molar-refractivity contribution in [2.45, 2.75) is 53.0 Å². The van der Waals surface area contributed by atoms with Crippen LogP contribution in [0.4, 0.5) is 0 Å². The molecule has 0 radical (unpaired) electrons. The van der Waals surface area contributed by atoms with E-state index in [1.54, 1.807) is 11.3 Å². The predicted molar refractivity (Wildman–Crippen MR) is 81.0 cm³/mol. The van der Waals surface area contributed by atoms with E-state index in [2.05, 4.69) is 27.4 Å². The van der Waals surface area contributed by atoms with Gasteiger partial charge in [0.05, 0.1) is 16.2 Å². The number of aromatic nitrogens is 3. The summed E-state index contributed by atoms with van der Waals surface area (Å²) in [7, 11) is 0. The summed E-state index contributed by atoms with van der Waals surface area (Å²) < 4.78 is 5.35. The zero-order chi connectivity index (χ0) is 15.6. The van der Waals surface area contributed by atoms with Crippen molar-refractivity contribution in [1.82, 2.24) is 20.4 Å². The normalized spacial score (nSPS) is 11.7. The highest BCUT2D eigenvalue weighted by Crippen LogP contribution is 2.30. The lowest BCUT2D eigenvalue weighted by Crippen LogP contribution is -2.40. The number of amides is 1. The lowest BCUT2D eigenvalue weighted by Gasteiger charge is -2.20. The molecule has 0 aliphatic carbocycles. The number of nitrogens with zero attached hydrogens (tertiary/aromatic N) is 3. The van der Waals surface area contributed by atoms with Crippen LogP contribution < -0.4 is 5.32 Å². The van der Waals surface area contributed by atoms with Gasteiger partial charge in [0.1, 0.15) is 4.88 Å². The van der Waals surface area contributed by atoms with Crippen molar-refractivity contribution in [2.75, 3.05) is 0 Å². The van der Waals surface area contributed by atoms with Crippen LogP contribution in [-0.4, -0.2) is 21.0 Å². The maximum Gasteiger partial charge on any atom is 0.270 e. The minimum absolute atomic E-state index is 0.134. The van der Waals surface area contributed by atoms with Crippen LogP contribution in [-0.2, 0) is 16.8 Å². The Hall–Kier alpha value is -1.76. The first-order valence-electron chi connectivity index (χ1n) is 6.93. The first-order chi connectivity index (χ1) is 9.83. The van der Waals surface area contributed by atoms with Gasteiger partial charge in [-0.15, -0.1) is 11.3 Å². The van der Waals surface area contributed by atoms with Crippen LogP contribution in [0.2, 0.25) is 0 Å². The van der Waals surface area contributed by atoms with Crippen LogP contribution >= 0.6 is 11.3 Å². The molecule has 114 valence electrons. The molecule has 0 fully saturated rings. The average Bonchev–Trinajstić information content (AvgIpc) is 2.95. The van der Waals surface area contributed by atoms with Gasteiger partial charge in [-0.05, 0) is 33.6 Å². The second kappa shape index (κ2) is 5.93. The van der Waals surface area contributed by atoms with Crippen LogP contribution in [0.15, 0.2) is 4.52 Å². The van der Waals surface area contributed by atoms with E-state index < -0.39 is 5.54 Å². The maximum atomic E-state index is 11.2. The van der Waals surface area contributed by atoms with Gasteiger partial charge in [-0.1, -0.05) is 12.1 Å². The average molecular weight is 308 g/mol. The summed E-state index contributed by atoms with van der Waals surface area (Å²) in [6.07, 6.45) is 2.00. The Morgan fingerprint density at radius 2 is 2.10 bits per heavy atom. The third-order valence-electron chi connectivity index (χ3n) is 2.97. The second-order valence-corrected chi connectivity index (χ2v) is 6.59. The van der Waals surface area contributed by atoms with E-state index in [1.807, 2.05) is 20.8 Å². The molecule has 0 saturated heterocycles. The molecule has 1 amide bonds. The highest BCUT2D eigenvalue weighted by Gasteiger charge is 2.28. The van der Waals surface area contributed by atoms with Crippen LogP contribution in [0.25, 0.3) is 10.8 Å². The summed E-state index contributed by atoms with van der Waals surface area (Å²) in [5, 5.41) is 7.87. The number of carbonyl (C=O) groups excluding carboxylic acids is 1. The van der Waals surface area contributed by atoms with Gasteiger partial charge in [-0.25, -0.2) is 4.98 Å². The Balaban J connectivity index is 2.29. The molecule has 2 heterocycles. The Bertz CT molecular complexity index is 645. The SMILES string of the molecule is CCCc1nc(C)c(-c2nc(C(C)(C)NC(C)=O)no2)s1. The summed E-state index contributed by atoms with van der Waals surface area (Å²) >= 11 is 1.58. The summed E-state index contributed by atoms with van der Waals surface area (Å²) in [6, 6.07) is 0. The number of rotatable bonds is 5. The Morgan fingerprint density at radius 1 is 1.38 bits per heavy atom. The number of aryl methyl sites for hydroxylation is 2. The quantitative estimate of drug-likeness (QED) is 0.918. The van der Waals surface area contributed by atoms with E-state index in [0.29, 0.717) is 11.7 Å². The Kier molecular flexibility index (Phi) is 4.41. The molecule has 0 aliphatic rings. The van der Waals surface area contributed by atoms with E-state index in [4.69, 9.17) is 4.52 Å². The van der Waals surface area contributed by atoms with E-state index in [0.717, 1.165) is 28.4 Å². The lowest BCUT2D eigenvalue weighted by molar-refractivity contribution is -0.120. The topological polar surface area (TPSA) is 80.9 Å². The van der Waals surface area contributed by atoms with Crippen LogP contribution in [0.3, 0.4) is 0 Å². The molecule has 0 saturated carbocycles. The summed E-state index contributed by atoms with van der Waals surface area (Å²) in [6.45, 7) is 9.20. The minimum atomic E-state index is -0.668. The van der Waals surface area contributed by atoms with Gasteiger partial charge in [0.2, 0.25) is 5.91 Å². The summed E-state index contributed by atoms with van der Waals surface area (Å²) in [4.78, 5) is 21.1. The van der Waals surface area contributed by atoms with Crippen LogP contribution in [0.5, 0.6) is 0 Å². The standard InChI is InChI=1S/C14H20N4O2S/c1-6-7-10-15-8(2)11(21-10)12-16-13(18-20-12)14(4,5)17-9(3)19/h6-7H2,1-5H3,(H,17,19). The van der Waals surface area contributed by atoms with Crippen molar-refractivity contribution in [3.63, 3.8) is 0 Å². The van der Waals surface area contributed by atoms with Crippen molar-refractivity contribution in [3.05, 3.63) is 16.5 Å². The van der Waals surface area contributed by atoms with Crippen molar-refractivity contribution in [3.8, 4) is 10.8 Å². The van der Waals surface area contributed by atoms with Crippen LogP contribution in [0.1, 0.15) is 50.6 Å². The molecular weight excluding hydrogens is 288 g/mol. The number of thiazole rings is 1. The zero-order valence-electron chi connectivity index (χ0n) is 13.0. The van der Waals surface area contributed by atoms with E-state index in [9.17, 15) is 4.79 Å². The number of nitrogens with one attached hydrogen (secondary N) is 1. The molecule has 7 heteroatoms. The number of hydrogen-bond donors (Lipinski definition) is 1. The highest BCUT2D eigenvalue weighted by molar-refractivity contribution is 7.15. The van der Waals surface area contributed by atoms with Gasteiger partial charge in [0.15, 0.2) is 5.82 Å². The van der Waals surface area contributed by atoms with Gasteiger partial charge in [0.25, 0.3) is 5.89 Å². The Labute approximate surface area is 128 Å². The van der Waals surface area contributed by atoms with Crippen molar-refractivity contribution in [1.29, 1.82) is 0 Å². The van der Waals surface area contributed by atoms with Crippen molar-refractivity contribution >= 4 is 17.2 Å². The van der Waals surface area contributed by atoms with Crippen molar-refractivity contribution in [2.24, 2.45) is 0 Å². The molecule has 0 atom stereocenters. The van der Waals surface area contributed by atoms with E-state index in [1.165, 1.54) is 6.92 Å². The fourth-order valence-electron chi connectivity index (χ4n) is 2.04. The van der Waals surface area contributed by atoms with Gasteiger partial charge in [-0.2, -0.15) is 4.98 Å². The summed E-state index contributed by atoms with van der Waals surface area (Å²) in [5.74, 6) is 0.781. The monoisotopic (exact) mass is 308 g/mol. The van der Waals surface area contributed by atoms with Gasteiger partial charge >= 0.3 is 0 Å². The molecule has 2 rings (SSSR count). The number of carbonyl (C=O) groups is 1. The first kappa shape index (κ1) is 15.6. The first-order valence-corrected chi connectivity index (χ1v) is 7.74. The molecular formula is C14H20N4O2S. The smallest absolute Gasteiger partial charge is 0.270 e. The molecule has 0 spiro atoms. The molecule has 0 aromatic carbocycles. The van der Waals surface area contributed by atoms with E-state index >= 15 is 0 Å². The van der Waals surface area contributed by atoms with Crippen LogP contribution in [0, 0.1) is 6.92 Å². The Morgan fingerprint density at radius 3 is 2.71 bits per heavy atom.